The predicted octanol–water partition coefficient (Wildman–Crippen LogP) is 0.0151. The summed E-state index contributed by atoms with van der Waals surface area (Å²) in [6, 6.07) is 0. The third kappa shape index (κ3) is 0.691. The Kier molecular flexibility index (Phi) is 0.941. The molecule has 1 aliphatic heterocycles. The fraction of sp³-hybridized carbons (Fsp3) is 0.667. The summed E-state index contributed by atoms with van der Waals surface area (Å²) in [5.41, 5.74) is 0. The van der Waals surface area contributed by atoms with Crippen molar-refractivity contribution in [3.05, 3.63) is 0 Å². The summed E-state index contributed by atoms with van der Waals surface area (Å²) in [5, 5.41) is 8.75. The maximum absolute atomic E-state index is 11.9. The monoisotopic (exact) mass is 104 g/mol. The molecule has 40 valence electrons. The lowest BCUT2D eigenvalue weighted by molar-refractivity contribution is -0.0814. The highest BCUT2D eigenvalue weighted by Gasteiger charge is 2.15. The van der Waals surface area contributed by atoms with Gasteiger partial charge in [0.25, 0.3) is 0 Å². The van der Waals surface area contributed by atoms with Gasteiger partial charge in [0.2, 0.25) is 6.30 Å². The fourth-order valence-electron chi connectivity index (χ4n) is 0.374. The Morgan fingerprint density at radius 1 is 2.00 bits per heavy atom. The number of halogens is 1. The molecular formula is C3H5FN2O. The number of aliphatic imine (C=N–C) groups is 1. The molecule has 0 saturated carbocycles. The van der Waals surface area contributed by atoms with E-state index in [4.69, 9.17) is 5.21 Å². The minimum absolute atomic E-state index is 0.0521. The minimum Gasteiger partial charge on any atom is -0.285 e. The Bertz CT molecular complexity index is 94.9. The van der Waals surface area contributed by atoms with E-state index in [1.807, 2.05) is 0 Å². The van der Waals surface area contributed by atoms with E-state index in [-0.39, 0.29) is 6.54 Å². The lowest BCUT2D eigenvalue weighted by atomic mass is 10.6. The summed E-state index contributed by atoms with van der Waals surface area (Å²) in [5.74, 6) is 0. The van der Waals surface area contributed by atoms with Crippen molar-refractivity contribution in [3.8, 4) is 0 Å². The number of hydrogen-bond donors (Lipinski definition) is 1. The molecule has 0 aromatic heterocycles. The van der Waals surface area contributed by atoms with Crippen LogP contribution >= 0.6 is 0 Å². The Hall–Kier alpha value is -0.640. The van der Waals surface area contributed by atoms with Gasteiger partial charge in [-0.2, -0.15) is 0 Å². The van der Waals surface area contributed by atoms with Crippen molar-refractivity contribution >= 4 is 6.34 Å². The maximum atomic E-state index is 11.9. The number of hydroxylamine groups is 2. The van der Waals surface area contributed by atoms with E-state index in [2.05, 4.69) is 4.99 Å². The van der Waals surface area contributed by atoms with Gasteiger partial charge in [-0.3, -0.25) is 10.2 Å². The quantitative estimate of drug-likeness (QED) is 0.439. The number of hydrogen-bond acceptors (Lipinski definition) is 3. The Morgan fingerprint density at radius 3 is 2.86 bits per heavy atom. The lowest BCUT2D eigenvalue weighted by Gasteiger charge is -2.04. The van der Waals surface area contributed by atoms with Crippen molar-refractivity contribution in [3.63, 3.8) is 0 Å². The predicted molar refractivity (Wildman–Crippen MR) is 21.9 cm³/mol. The molecule has 0 bridgehead atoms. The Morgan fingerprint density at radius 2 is 2.71 bits per heavy atom. The number of alkyl halides is 1. The van der Waals surface area contributed by atoms with Gasteiger partial charge in [0.05, 0.1) is 6.54 Å². The zero-order chi connectivity index (χ0) is 5.28. The molecule has 3 nitrogen and oxygen atoms in total. The Balaban J connectivity index is 2.45. The van der Waals surface area contributed by atoms with Gasteiger partial charge in [-0.1, -0.05) is 0 Å². The van der Waals surface area contributed by atoms with Crippen LogP contribution in [-0.2, 0) is 0 Å². The highest BCUT2D eigenvalue weighted by Crippen LogP contribution is 2.00. The van der Waals surface area contributed by atoms with Crippen molar-refractivity contribution in [2.45, 2.75) is 6.30 Å². The summed E-state index contributed by atoms with van der Waals surface area (Å²) in [6.45, 7) is 0.0521. The number of rotatable bonds is 0. The molecule has 1 rings (SSSR count). The largest absolute Gasteiger partial charge is 0.285 e. The van der Waals surface area contributed by atoms with Crippen LogP contribution in [0.4, 0.5) is 4.39 Å². The van der Waals surface area contributed by atoms with Gasteiger partial charge in [0.15, 0.2) is 0 Å². The third-order valence-corrected chi connectivity index (χ3v) is 0.743. The molecule has 0 aromatic carbocycles. The van der Waals surface area contributed by atoms with Crippen LogP contribution in [0.25, 0.3) is 0 Å². The first kappa shape index (κ1) is 4.52. The standard InChI is InChI=1S/C3H5FN2O/c4-3-1-5-2-6(3)7/h2-3,7H,1H2. The van der Waals surface area contributed by atoms with Gasteiger partial charge < -0.3 is 0 Å². The second-order valence-electron chi connectivity index (χ2n) is 1.30. The van der Waals surface area contributed by atoms with Crippen molar-refractivity contribution in [2.75, 3.05) is 6.54 Å². The lowest BCUT2D eigenvalue weighted by Crippen LogP contribution is -2.22. The SMILES string of the molecule is ON1C=NCC1F. The van der Waals surface area contributed by atoms with Crippen LogP contribution in [0.3, 0.4) is 0 Å². The van der Waals surface area contributed by atoms with Crippen molar-refractivity contribution in [2.24, 2.45) is 4.99 Å². The van der Waals surface area contributed by atoms with Gasteiger partial charge in [-0.25, -0.2) is 9.45 Å². The van der Waals surface area contributed by atoms with Crippen LogP contribution in [0.15, 0.2) is 4.99 Å². The topological polar surface area (TPSA) is 35.8 Å². The Labute approximate surface area is 40.0 Å². The molecule has 0 radical (unpaired) electrons. The van der Waals surface area contributed by atoms with E-state index in [9.17, 15) is 4.39 Å². The smallest absolute Gasteiger partial charge is 0.215 e. The van der Waals surface area contributed by atoms with E-state index in [1.165, 1.54) is 0 Å². The second kappa shape index (κ2) is 1.46. The summed E-state index contributed by atoms with van der Waals surface area (Å²) < 4.78 is 11.9. The van der Waals surface area contributed by atoms with Gasteiger partial charge in [-0.15, -0.1) is 0 Å². The molecule has 0 aromatic rings. The first-order valence-electron chi connectivity index (χ1n) is 1.92. The average Bonchev–Trinajstić information content (AvgIpc) is 1.91. The van der Waals surface area contributed by atoms with E-state index in [0.29, 0.717) is 5.06 Å². The van der Waals surface area contributed by atoms with Crippen LogP contribution in [-0.4, -0.2) is 29.4 Å². The molecule has 0 saturated heterocycles. The molecule has 1 N–H and O–H groups in total. The molecule has 4 heteroatoms. The van der Waals surface area contributed by atoms with E-state index in [1.54, 1.807) is 0 Å². The normalized spacial score (nSPS) is 29.4. The van der Waals surface area contributed by atoms with Crippen LogP contribution in [0, 0.1) is 0 Å². The highest BCUT2D eigenvalue weighted by molar-refractivity contribution is 5.55. The van der Waals surface area contributed by atoms with Gasteiger partial charge in [0.1, 0.15) is 6.34 Å². The van der Waals surface area contributed by atoms with Crippen LogP contribution in [0.5, 0.6) is 0 Å². The van der Waals surface area contributed by atoms with Crippen molar-refractivity contribution < 1.29 is 9.60 Å². The molecule has 1 heterocycles. The van der Waals surface area contributed by atoms with E-state index in [0.717, 1.165) is 6.34 Å². The summed E-state index contributed by atoms with van der Waals surface area (Å²) in [4.78, 5) is 3.42. The molecule has 1 unspecified atom stereocenters. The van der Waals surface area contributed by atoms with E-state index < -0.39 is 6.30 Å². The van der Waals surface area contributed by atoms with Gasteiger partial charge in [-0.05, 0) is 0 Å². The van der Waals surface area contributed by atoms with Crippen LogP contribution in [0.1, 0.15) is 0 Å². The molecule has 1 atom stereocenters. The van der Waals surface area contributed by atoms with Crippen LogP contribution in [0.2, 0.25) is 0 Å². The summed E-state index contributed by atoms with van der Waals surface area (Å²) in [6.07, 6.45) is -0.259. The first-order valence-corrected chi connectivity index (χ1v) is 1.92. The maximum Gasteiger partial charge on any atom is 0.215 e. The average molecular weight is 104 g/mol. The molecule has 1 aliphatic rings. The second-order valence-corrected chi connectivity index (χ2v) is 1.30. The highest BCUT2D eigenvalue weighted by atomic mass is 19.1. The van der Waals surface area contributed by atoms with E-state index >= 15 is 0 Å². The summed E-state index contributed by atoms with van der Waals surface area (Å²) >= 11 is 0. The van der Waals surface area contributed by atoms with Crippen molar-refractivity contribution in [1.29, 1.82) is 0 Å². The molecule has 0 aliphatic carbocycles. The third-order valence-electron chi connectivity index (χ3n) is 0.743. The number of nitrogens with zero attached hydrogens (tertiary/aromatic N) is 2. The molecule has 0 spiro atoms. The molecular weight excluding hydrogens is 99.0 g/mol. The zero-order valence-electron chi connectivity index (χ0n) is 3.58. The van der Waals surface area contributed by atoms with Crippen LogP contribution < -0.4 is 0 Å². The summed E-state index contributed by atoms with van der Waals surface area (Å²) in [7, 11) is 0. The molecule has 0 amide bonds. The van der Waals surface area contributed by atoms with Gasteiger partial charge in [0, 0.05) is 0 Å². The van der Waals surface area contributed by atoms with Crippen molar-refractivity contribution in [1.82, 2.24) is 5.06 Å². The van der Waals surface area contributed by atoms with Gasteiger partial charge >= 0.3 is 0 Å². The molecule has 7 heavy (non-hydrogen) atoms. The minimum atomic E-state index is -1.32. The first-order chi connectivity index (χ1) is 3.30. The molecule has 0 fully saturated rings. The zero-order valence-corrected chi connectivity index (χ0v) is 3.58. The fourth-order valence-corrected chi connectivity index (χ4v) is 0.374.